The lowest BCUT2D eigenvalue weighted by Crippen LogP contribution is -2.20. The second kappa shape index (κ2) is 10.2. The van der Waals surface area contributed by atoms with Crippen molar-refractivity contribution in [3.05, 3.63) is 58.4 Å². The van der Waals surface area contributed by atoms with E-state index in [1.54, 1.807) is 6.20 Å². The Balaban J connectivity index is 2.10. The van der Waals surface area contributed by atoms with Gasteiger partial charge >= 0.3 is 5.23 Å². The average Bonchev–Trinajstić information content (AvgIpc) is 2.68. The molecule has 1 aromatic carbocycles. The Bertz CT molecular complexity index is 914. The Morgan fingerprint density at radius 3 is 2.47 bits per heavy atom. The zero-order valence-electron chi connectivity index (χ0n) is 19.3. The molecule has 0 bridgehead atoms. The van der Waals surface area contributed by atoms with Crippen LogP contribution in [0.2, 0.25) is 0 Å². The third-order valence-corrected chi connectivity index (χ3v) is 5.38. The van der Waals surface area contributed by atoms with Gasteiger partial charge in [0.15, 0.2) is 5.84 Å². The minimum Gasteiger partial charge on any atom is -0.402 e. The van der Waals surface area contributed by atoms with Gasteiger partial charge in [-0.3, -0.25) is 10.4 Å². The predicted molar refractivity (Wildman–Crippen MR) is 131 cm³/mol. The van der Waals surface area contributed by atoms with Crippen LogP contribution in [0.3, 0.4) is 0 Å². The van der Waals surface area contributed by atoms with Gasteiger partial charge in [0, 0.05) is 29.4 Å². The number of ether oxygens (including phenoxy) is 1. The van der Waals surface area contributed by atoms with Crippen LogP contribution in [-0.2, 0) is 24.5 Å². The van der Waals surface area contributed by atoms with Crippen molar-refractivity contribution in [1.29, 1.82) is 5.41 Å². The lowest BCUT2D eigenvalue weighted by Gasteiger charge is -2.17. The molecule has 5 nitrogen and oxygen atoms in total. The summed E-state index contributed by atoms with van der Waals surface area (Å²) in [5.41, 5.74) is 5.16. The fourth-order valence-corrected chi connectivity index (χ4v) is 3.19. The summed E-state index contributed by atoms with van der Waals surface area (Å²) in [4.78, 5) is 11.0. The van der Waals surface area contributed by atoms with E-state index in [2.05, 4.69) is 75.2 Å². The van der Waals surface area contributed by atoms with Gasteiger partial charge in [-0.1, -0.05) is 33.8 Å². The summed E-state index contributed by atoms with van der Waals surface area (Å²) in [6.45, 7) is 14.7. The van der Waals surface area contributed by atoms with E-state index in [4.69, 9.17) is 10.1 Å². The fraction of sp³-hybridized carbons (Fsp3) is 0.458. The minimum absolute atomic E-state index is 0.0269. The van der Waals surface area contributed by atoms with Gasteiger partial charge in [0.2, 0.25) is 0 Å². The van der Waals surface area contributed by atoms with Crippen molar-refractivity contribution >= 4 is 23.7 Å². The van der Waals surface area contributed by atoms with Crippen molar-refractivity contribution in [3.8, 4) is 5.75 Å². The first-order valence-corrected chi connectivity index (χ1v) is 10.8. The highest BCUT2D eigenvalue weighted by atomic mass is 32.1. The SMILES string of the molecule is CCN(C)CCc1cc(C)c(OC([SH2+])=NC(=N)c2ccc(C(C)(C)C)nc2)cc1C. The lowest BCUT2D eigenvalue weighted by atomic mass is 9.91. The number of nitrogens with zero attached hydrogens (tertiary/aromatic N) is 3. The number of aliphatic imine (C=N–C) groups is 1. The van der Waals surface area contributed by atoms with Crippen molar-refractivity contribution in [2.24, 2.45) is 4.99 Å². The molecule has 0 aliphatic rings. The molecule has 0 aliphatic heterocycles. The molecule has 2 aromatic rings. The topological polar surface area (TPSA) is 61.6 Å². The Morgan fingerprint density at radius 2 is 1.90 bits per heavy atom. The van der Waals surface area contributed by atoms with Crippen molar-refractivity contribution in [2.45, 2.75) is 53.4 Å². The van der Waals surface area contributed by atoms with E-state index in [9.17, 15) is 0 Å². The first kappa shape index (κ1) is 24.1. The van der Waals surface area contributed by atoms with E-state index >= 15 is 0 Å². The van der Waals surface area contributed by atoms with Crippen LogP contribution in [0.4, 0.5) is 0 Å². The summed E-state index contributed by atoms with van der Waals surface area (Å²) in [6, 6.07) is 8.02. The summed E-state index contributed by atoms with van der Waals surface area (Å²) < 4.78 is 5.89. The first-order valence-electron chi connectivity index (χ1n) is 10.3. The Labute approximate surface area is 186 Å². The van der Waals surface area contributed by atoms with Crippen LogP contribution < -0.4 is 4.74 Å². The number of hydrogen-bond donors (Lipinski definition) is 1. The van der Waals surface area contributed by atoms with Crippen LogP contribution in [0.25, 0.3) is 0 Å². The van der Waals surface area contributed by atoms with Crippen LogP contribution in [0.15, 0.2) is 35.5 Å². The summed E-state index contributed by atoms with van der Waals surface area (Å²) in [7, 11) is 2.13. The van der Waals surface area contributed by atoms with E-state index in [0.29, 0.717) is 5.56 Å². The number of likely N-dealkylation sites (N-methyl/N-ethyl adjacent to an activating group) is 1. The molecule has 0 saturated heterocycles. The maximum Gasteiger partial charge on any atom is 0.414 e. The quantitative estimate of drug-likeness (QED) is 0.426. The zero-order chi connectivity index (χ0) is 22.5. The maximum atomic E-state index is 8.25. The number of amidine groups is 1. The average molecular weight is 428 g/mol. The van der Waals surface area contributed by atoms with Crippen molar-refractivity contribution < 1.29 is 4.74 Å². The normalized spacial score (nSPS) is 12.4. The summed E-state index contributed by atoms with van der Waals surface area (Å²) in [6.07, 6.45) is 2.69. The second-order valence-electron chi connectivity index (χ2n) is 8.74. The van der Waals surface area contributed by atoms with Gasteiger partial charge in [0.05, 0.1) is 12.6 Å². The van der Waals surface area contributed by atoms with Crippen LogP contribution in [0, 0.1) is 19.3 Å². The smallest absolute Gasteiger partial charge is 0.402 e. The molecule has 0 unspecified atom stereocenters. The minimum atomic E-state index is -0.0269. The number of aryl methyl sites for hydroxylation is 2. The summed E-state index contributed by atoms with van der Waals surface area (Å²) in [5, 5.41) is 8.50. The molecule has 30 heavy (non-hydrogen) atoms. The van der Waals surface area contributed by atoms with Crippen molar-refractivity contribution in [1.82, 2.24) is 9.88 Å². The predicted octanol–water partition coefficient (Wildman–Crippen LogP) is 4.26. The molecule has 6 heteroatoms. The first-order chi connectivity index (χ1) is 14.0. The van der Waals surface area contributed by atoms with Crippen LogP contribution in [0.1, 0.15) is 55.6 Å². The molecule has 0 atom stereocenters. The second-order valence-corrected chi connectivity index (χ2v) is 9.17. The molecule has 0 radical (unpaired) electrons. The highest BCUT2D eigenvalue weighted by molar-refractivity contribution is 7.77. The van der Waals surface area contributed by atoms with E-state index in [1.165, 1.54) is 11.1 Å². The molecule has 0 amide bonds. The fourth-order valence-electron chi connectivity index (χ4n) is 2.97. The molecule has 0 spiro atoms. The van der Waals surface area contributed by atoms with Crippen molar-refractivity contribution in [2.75, 3.05) is 20.1 Å². The van der Waals surface area contributed by atoms with Gasteiger partial charge in [-0.15, -0.1) is 4.99 Å². The Hall–Kier alpha value is -2.18. The molecule has 162 valence electrons. The largest absolute Gasteiger partial charge is 0.414 e. The number of rotatable bonds is 6. The number of pyridine rings is 1. The summed E-state index contributed by atoms with van der Waals surface area (Å²) >= 11 is 3.41. The highest BCUT2D eigenvalue weighted by Crippen LogP contribution is 2.24. The van der Waals surface area contributed by atoms with Gasteiger partial charge < -0.3 is 9.64 Å². The van der Waals surface area contributed by atoms with E-state index in [1.807, 2.05) is 25.1 Å². The van der Waals surface area contributed by atoms with Gasteiger partial charge in [0.1, 0.15) is 5.75 Å². The molecule has 0 saturated carbocycles. The van der Waals surface area contributed by atoms with Gasteiger partial charge in [-0.2, -0.15) is 0 Å². The number of nitrogens with one attached hydrogen (secondary N) is 1. The van der Waals surface area contributed by atoms with E-state index < -0.39 is 0 Å². The summed E-state index contributed by atoms with van der Waals surface area (Å²) in [5.74, 6) is 0.837. The Kier molecular flexibility index (Phi) is 8.21. The zero-order valence-corrected chi connectivity index (χ0v) is 20.3. The molecule has 1 N–H and O–H groups in total. The number of aromatic nitrogens is 1. The third kappa shape index (κ3) is 6.67. The molecular formula is C24H35N4OS+. The number of benzene rings is 1. The van der Waals surface area contributed by atoms with E-state index in [-0.39, 0.29) is 16.5 Å². The van der Waals surface area contributed by atoms with E-state index in [0.717, 1.165) is 36.5 Å². The monoisotopic (exact) mass is 427 g/mol. The highest BCUT2D eigenvalue weighted by Gasteiger charge is 2.16. The standard InChI is InChI=1S/C24H34N4OS/c1-8-28(7)12-11-18-13-17(3)20(14-16(18)2)29-23(30)27-22(25)19-9-10-21(26-15-19)24(4,5)6/h9-10,13-15H,8,11-12H2,1-7H3,(H2,25,27,30)/p+1. The molecular weight excluding hydrogens is 392 g/mol. The molecule has 1 heterocycles. The molecule has 0 fully saturated rings. The van der Waals surface area contributed by atoms with Crippen molar-refractivity contribution in [3.63, 3.8) is 0 Å². The van der Waals surface area contributed by atoms with Gasteiger partial charge in [-0.05, 0) is 68.8 Å². The number of hydrogen-bond acceptors (Lipinski definition) is 4. The third-order valence-electron chi connectivity index (χ3n) is 5.16. The van der Waals surface area contributed by atoms with Crippen LogP contribution in [0.5, 0.6) is 5.75 Å². The van der Waals surface area contributed by atoms with Crippen LogP contribution >= 0.6 is 0 Å². The lowest BCUT2D eigenvalue weighted by molar-refractivity contribution is 0.357. The Morgan fingerprint density at radius 1 is 1.20 bits per heavy atom. The van der Waals surface area contributed by atoms with Crippen LogP contribution in [-0.4, -0.2) is 41.1 Å². The molecule has 1 aromatic heterocycles. The molecule has 0 aliphatic carbocycles. The van der Waals surface area contributed by atoms with Gasteiger partial charge in [-0.25, -0.2) is 0 Å². The van der Waals surface area contributed by atoms with Gasteiger partial charge in [0.25, 0.3) is 0 Å². The maximum absolute atomic E-state index is 8.25. The molecule has 2 rings (SSSR count).